The highest BCUT2D eigenvalue weighted by molar-refractivity contribution is 7.99. The minimum absolute atomic E-state index is 0.126. The van der Waals surface area contributed by atoms with E-state index < -0.39 is 0 Å². The van der Waals surface area contributed by atoms with Gasteiger partial charge >= 0.3 is 0 Å². The van der Waals surface area contributed by atoms with E-state index in [9.17, 15) is 4.79 Å². The van der Waals surface area contributed by atoms with Crippen LogP contribution in [0.2, 0.25) is 10.0 Å². The van der Waals surface area contributed by atoms with Gasteiger partial charge in [-0.2, -0.15) is 0 Å². The molecule has 6 nitrogen and oxygen atoms in total. The molecule has 0 radical (unpaired) electrons. The van der Waals surface area contributed by atoms with Gasteiger partial charge in [-0.25, -0.2) is 0 Å². The Balaban J connectivity index is 1.60. The maximum Gasteiger partial charge on any atom is 0.277 e. The minimum Gasteiger partial charge on any atom is -0.497 e. The van der Waals surface area contributed by atoms with Crippen molar-refractivity contribution in [1.82, 2.24) is 10.2 Å². The molecule has 9 heteroatoms. The quantitative estimate of drug-likeness (QED) is 0.556. The van der Waals surface area contributed by atoms with Gasteiger partial charge in [-0.3, -0.25) is 4.79 Å². The number of rotatable bonds is 6. The Labute approximate surface area is 170 Å². The zero-order chi connectivity index (χ0) is 19.4. The Morgan fingerprint density at radius 3 is 2.74 bits per heavy atom. The molecule has 0 atom stereocenters. The van der Waals surface area contributed by atoms with Crippen molar-refractivity contribution >= 4 is 46.6 Å². The van der Waals surface area contributed by atoms with Gasteiger partial charge in [0.1, 0.15) is 5.75 Å². The van der Waals surface area contributed by atoms with Crippen LogP contribution in [0.15, 0.2) is 46.0 Å². The fourth-order valence-corrected chi connectivity index (χ4v) is 3.31. The van der Waals surface area contributed by atoms with Crippen LogP contribution in [0.3, 0.4) is 0 Å². The fraction of sp³-hybridized carbons (Fsp3) is 0.167. The lowest BCUT2D eigenvalue weighted by molar-refractivity contribution is -0.113. The standard InChI is InChI=1S/C18H15Cl2N3O3S/c1-10-7-12(25-2)4-6-15(10)21-16(24)9-27-18-23-22-17(26-18)13-5-3-11(19)8-14(13)20/h3-8H,9H2,1-2H3,(H,21,24). The first-order valence-electron chi connectivity index (χ1n) is 7.82. The van der Waals surface area contributed by atoms with Crippen molar-refractivity contribution in [2.75, 3.05) is 18.2 Å². The van der Waals surface area contributed by atoms with Crippen molar-refractivity contribution in [2.45, 2.75) is 12.1 Å². The Morgan fingerprint density at radius 1 is 1.22 bits per heavy atom. The number of hydrogen-bond donors (Lipinski definition) is 1. The number of methoxy groups -OCH3 is 1. The number of nitrogens with one attached hydrogen (secondary N) is 1. The van der Waals surface area contributed by atoms with Gasteiger partial charge in [0.05, 0.1) is 23.4 Å². The van der Waals surface area contributed by atoms with Gasteiger partial charge in [0, 0.05) is 10.7 Å². The monoisotopic (exact) mass is 423 g/mol. The van der Waals surface area contributed by atoms with Crippen molar-refractivity contribution in [2.24, 2.45) is 0 Å². The average Bonchev–Trinajstić information content (AvgIpc) is 3.10. The SMILES string of the molecule is COc1ccc(NC(=O)CSc2nnc(-c3ccc(Cl)cc3Cl)o2)c(C)c1. The predicted molar refractivity (Wildman–Crippen MR) is 107 cm³/mol. The van der Waals surface area contributed by atoms with Gasteiger partial charge in [0.2, 0.25) is 11.8 Å². The van der Waals surface area contributed by atoms with Crippen LogP contribution in [-0.2, 0) is 4.79 Å². The highest BCUT2D eigenvalue weighted by Crippen LogP contribution is 2.31. The van der Waals surface area contributed by atoms with Crippen LogP contribution in [0.4, 0.5) is 5.69 Å². The zero-order valence-electron chi connectivity index (χ0n) is 14.5. The molecule has 3 aromatic rings. The number of benzene rings is 2. The third-order valence-electron chi connectivity index (χ3n) is 3.60. The molecule has 0 fully saturated rings. The molecule has 3 rings (SSSR count). The highest BCUT2D eigenvalue weighted by Gasteiger charge is 2.14. The lowest BCUT2D eigenvalue weighted by Crippen LogP contribution is -2.14. The number of aromatic nitrogens is 2. The first-order chi connectivity index (χ1) is 13.0. The average molecular weight is 424 g/mol. The normalized spacial score (nSPS) is 10.7. The molecule has 0 saturated carbocycles. The molecule has 140 valence electrons. The van der Waals surface area contributed by atoms with Crippen LogP contribution >= 0.6 is 35.0 Å². The summed E-state index contributed by atoms with van der Waals surface area (Å²) in [5.41, 5.74) is 2.21. The molecule has 2 aromatic carbocycles. The second kappa shape index (κ2) is 8.65. The number of nitrogens with zero attached hydrogens (tertiary/aromatic N) is 2. The predicted octanol–water partition coefficient (Wildman–Crippen LogP) is 5.09. The van der Waals surface area contributed by atoms with Gasteiger partial charge in [0.15, 0.2) is 0 Å². The molecule has 0 unspecified atom stereocenters. The summed E-state index contributed by atoms with van der Waals surface area (Å²) < 4.78 is 10.7. The second-order valence-corrected chi connectivity index (χ2v) is 7.29. The van der Waals surface area contributed by atoms with E-state index >= 15 is 0 Å². The number of aryl methyl sites for hydroxylation is 1. The molecule has 0 aliphatic carbocycles. The molecular formula is C18H15Cl2N3O3S. The molecule has 0 saturated heterocycles. The van der Waals surface area contributed by atoms with Crippen molar-refractivity contribution in [1.29, 1.82) is 0 Å². The largest absolute Gasteiger partial charge is 0.497 e. The van der Waals surface area contributed by atoms with E-state index in [-0.39, 0.29) is 22.8 Å². The second-order valence-electron chi connectivity index (χ2n) is 5.51. The molecule has 1 N–H and O–H groups in total. The number of carbonyl (C=O) groups excluding carboxylic acids is 1. The van der Waals surface area contributed by atoms with Gasteiger partial charge < -0.3 is 14.5 Å². The molecule has 1 aromatic heterocycles. The summed E-state index contributed by atoms with van der Waals surface area (Å²) in [5.74, 6) is 0.948. The summed E-state index contributed by atoms with van der Waals surface area (Å²) in [5, 5.41) is 11.9. The van der Waals surface area contributed by atoms with E-state index in [1.54, 1.807) is 37.4 Å². The number of halogens is 2. The van der Waals surface area contributed by atoms with E-state index in [0.717, 1.165) is 28.8 Å². The van der Waals surface area contributed by atoms with Crippen LogP contribution < -0.4 is 10.1 Å². The lowest BCUT2D eigenvalue weighted by Gasteiger charge is -2.09. The van der Waals surface area contributed by atoms with Crippen LogP contribution in [0.5, 0.6) is 5.75 Å². The van der Waals surface area contributed by atoms with E-state index in [1.165, 1.54) is 0 Å². The molecule has 1 amide bonds. The first-order valence-corrected chi connectivity index (χ1v) is 9.56. The summed E-state index contributed by atoms with van der Waals surface area (Å²) in [6, 6.07) is 10.4. The molecular weight excluding hydrogens is 409 g/mol. The molecule has 0 bridgehead atoms. The maximum atomic E-state index is 12.2. The van der Waals surface area contributed by atoms with E-state index in [0.29, 0.717) is 15.6 Å². The van der Waals surface area contributed by atoms with E-state index in [2.05, 4.69) is 15.5 Å². The number of thioether (sulfide) groups is 1. The molecule has 1 heterocycles. The Bertz CT molecular complexity index is 978. The van der Waals surface area contributed by atoms with Gasteiger partial charge in [0.25, 0.3) is 5.22 Å². The van der Waals surface area contributed by atoms with Crippen molar-refractivity contribution in [3.05, 3.63) is 52.0 Å². The smallest absolute Gasteiger partial charge is 0.277 e. The van der Waals surface area contributed by atoms with E-state index in [1.807, 2.05) is 13.0 Å². The number of ether oxygens (including phenoxy) is 1. The number of amides is 1. The minimum atomic E-state index is -0.183. The van der Waals surface area contributed by atoms with Gasteiger partial charge in [-0.05, 0) is 48.9 Å². The fourth-order valence-electron chi connectivity index (χ4n) is 2.26. The summed E-state index contributed by atoms with van der Waals surface area (Å²) in [6.45, 7) is 1.89. The molecule has 0 aliphatic rings. The summed E-state index contributed by atoms with van der Waals surface area (Å²) in [6.07, 6.45) is 0. The Morgan fingerprint density at radius 2 is 2.04 bits per heavy atom. The van der Waals surface area contributed by atoms with Crippen LogP contribution in [0.25, 0.3) is 11.5 Å². The number of carbonyl (C=O) groups is 1. The Hall–Kier alpha value is -2.22. The Kier molecular flexibility index (Phi) is 6.26. The van der Waals surface area contributed by atoms with Crippen LogP contribution in [-0.4, -0.2) is 29.0 Å². The third-order valence-corrected chi connectivity index (χ3v) is 4.97. The molecule has 0 spiro atoms. The first kappa shape index (κ1) is 19.5. The summed E-state index contributed by atoms with van der Waals surface area (Å²) in [4.78, 5) is 12.2. The van der Waals surface area contributed by atoms with Crippen molar-refractivity contribution in [3.63, 3.8) is 0 Å². The van der Waals surface area contributed by atoms with Gasteiger partial charge in [-0.1, -0.05) is 35.0 Å². The maximum absolute atomic E-state index is 12.2. The van der Waals surface area contributed by atoms with Gasteiger partial charge in [-0.15, -0.1) is 10.2 Å². The number of anilines is 1. The lowest BCUT2D eigenvalue weighted by atomic mass is 10.2. The van der Waals surface area contributed by atoms with Crippen molar-refractivity contribution < 1.29 is 13.9 Å². The van der Waals surface area contributed by atoms with Crippen LogP contribution in [0, 0.1) is 6.92 Å². The highest BCUT2D eigenvalue weighted by atomic mass is 35.5. The zero-order valence-corrected chi connectivity index (χ0v) is 16.8. The summed E-state index contributed by atoms with van der Waals surface area (Å²) in [7, 11) is 1.60. The third kappa shape index (κ3) is 4.94. The molecule has 0 aliphatic heterocycles. The summed E-state index contributed by atoms with van der Waals surface area (Å²) >= 11 is 13.2. The van der Waals surface area contributed by atoms with E-state index in [4.69, 9.17) is 32.4 Å². The van der Waals surface area contributed by atoms with Crippen molar-refractivity contribution in [3.8, 4) is 17.2 Å². The molecule has 27 heavy (non-hydrogen) atoms. The van der Waals surface area contributed by atoms with Crippen LogP contribution in [0.1, 0.15) is 5.56 Å². The topological polar surface area (TPSA) is 77.2 Å². The number of hydrogen-bond acceptors (Lipinski definition) is 6.